The van der Waals surface area contributed by atoms with E-state index >= 15 is 0 Å². The van der Waals surface area contributed by atoms with E-state index in [1.807, 2.05) is 31.2 Å². The minimum Gasteiger partial charge on any atom is -0.497 e. The van der Waals surface area contributed by atoms with Crippen LogP contribution in [0, 0.1) is 5.92 Å². The summed E-state index contributed by atoms with van der Waals surface area (Å²) in [5.74, 6) is -0.258. The number of carboxylic acid groups (broad SMARTS) is 1. The van der Waals surface area contributed by atoms with Crippen LogP contribution in [-0.2, 0) is 11.2 Å². The number of aliphatic carboxylic acids is 1. The fourth-order valence-electron chi connectivity index (χ4n) is 1.50. The minimum absolute atomic E-state index is 0.0918. The van der Waals surface area contributed by atoms with E-state index in [1.165, 1.54) is 0 Å². The van der Waals surface area contributed by atoms with E-state index in [2.05, 4.69) is 0 Å². The molecule has 0 aromatic heterocycles. The molecule has 0 amide bonds. The summed E-state index contributed by atoms with van der Waals surface area (Å²) in [5.41, 5.74) is 6.60. The first-order valence-corrected chi connectivity index (χ1v) is 5.16. The van der Waals surface area contributed by atoms with Gasteiger partial charge in [-0.2, -0.15) is 0 Å². The van der Waals surface area contributed by atoms with Crippen LogP contribution < -0.4 is 10.5 Å². The van der Waals surface area contributed by atoms with Gasteiger partial charge >= 0.3 is 5.97 Å². The second-order valence-electron chi connectivity index (χ2n) is 3.89. The Hall–Kier alpha value is -1.55. The number of carboxylic acids is 1. The van der Waals surface area contributed by atoms with Crippen LogP contribution in [0.2, 0.25) is 0 Å². The lowest BCUT2D eigenvalue weighted by Gasteiger charge is -2.15. The number of hydrogen-bond acceptors (Lipinski definition) is 3. The first-order chi connectivity index (χ1) is 7.54. The summed E-state index contributed by atoms with van der Waals surface area (Å²) < 4.78 is 5.04. The third kappa shape index (κ3) is 3.24. The van der Waals surface area contributed by atoms with Gasteiger partial charge in [0.25, 0.3) is 0 Å². The topological polar surface area (TPSA) is 72.5 Å². The second-order valence-corrected chi connectivity index (χ2v) is 3.89. The lowest BCUT2D eigenvalue weighted by molar-refractivity contribution is -0.139. The molecular weight excluding hydrogens is 206 g/mol. The third-order valence-corrected chi connectivity index (χ3v) is 2.61. The van der Waals surface area contributed by atoms with Gasteiger partial charge in [0, 0.05) is 0 Å². The molecule has 3 N–H and O–H groups in total. The van der Waals surface area contributed by atoms with Crippen molar-refractivity contribution in [2.24, 2.45) is 11.7 Å². The molecule has 2 unspecified atom stereocenters. The number of hydrogen-bond donors (Lipinski definition) is 2. The van der Waals surface area contributed by atoms with Crippen molar-refractivity contribution in [2.75, 3.05) is 7.11 Å². The molecule has 0 spiro atoms. The van der Waals surface area contributed by atoms with Crippen LogP contribution in [0.5, 0.6) is 5.75 Å². The standard InChI is InChI=1S/C12H17NO3/c1-8(11(13)12(14)15)7-9-3-5-10(16-2)6-4-9/h3-6,8,11H,7,13H2,1-2H3,(H,14,15). The van der Waals surface area contributed by atoms with Gasteiger partial charge in [-0.05, 0) is 30.0 Å². The normalized spacial score (nSPS) is 14.2. The fourth-order valence-corrected chi connectivity index (χ4v) is 1.50. The van der Waals surface area contributed by atoms with Crippen molar-refractivity contribution in [3.05, 3.63) is 29.8 Å². The van der Waals surface area contributed by atoms with Crippen molar-refractivity contribution in [1.82, 2.24) is 0 Å². The molecule has 88 valence electrons. The molecule has 16 heavy (non-hydrogen) atoms. The maximum absolute atomic E-state index is 10.7. The molecule has 0 aliphatic carbocycles. The van der Waals surface area contributed by atoms with E-state index in [0.717, 1.165) is 11.3 Å². The van der Waals surface area contributed by atoms with Gasteiger partial charge in [0.1, 0.15) is 11.8 Å². The number of carbonyl (C=O) groups is 1. The zero-order chi connectivity index (χ0) is 12.1. The summed E-state index contributed by atoms with van der Waals surface area (Å²) in [6.45, 7) is 1.84. The summed E-state index contributed by atoms with van der Waals surface area (Å²) in [4.78, 5) is 10.7. The number of ether oxygens (including phenoxy) is 1. The van der Waals surface area contributed by atoms with Gasteiger partial charge in [0.05, 0.1) is 7.11 Å². The molecule has 4 nitrogen and oxygen atoms in total. The third-order valence-electron chi connectivity index (χ3n) is 2.61. The Kier molecular flexibility index (Phi) is 4.31. The highest BCUT2D eigenvalue weighted by Crippen LogP contribution is 2.15. The monoisotopic (exact) mass is 223 g/mol. The van der Waals surface area contributed by atoms with Gasteiger partial charge in [-0.1, -0.05) is 19.1 Å². The molecule has 0 saturated heterocycles. The Morgan fingerprint density at radius 3 is 2.44 bits per heavy atom. The Labute approximate surface area is 95.0 Å². The fraction of sp³-hybridized carbons (Fsp3) is 0.417. The van der Waals surface area contributed by atoms with Crippen LogP contribution in [0.4, 0.5) is 0 Å². The molecular formula is C12H17NO3. The molecule has 2 atom stereocenters. The summed E-state index contributed by atoms with van der Waals surface area (Å²) in [6.07, 6.45) is 0.650. The zero-order valence-corrected chi connectivity index (χ0v) is 9.51. The maximum atomic E-state index is 10.7. The van der Waals surface area contributed by atoms with E-state index in [0.29, 0.717) is 6.42 Å². The molecule has 1 rings (SSSR count). The number of methoxy groups -OCH3 is 1. The minimum atomic E-state index is -0.957. The van der Waals surface area contributed by atoms with Crippen LogP contribution in [0.25, 0.3) is 0 Å². The van der Waals surface area contributed by atoms with Crippen LogP contribution in [-0.4, -0.2) is 24.2 Å². The Bertz CT molecular complexity index is 348. The van der Waals surface area contributed by atoms with Crippen LogP contribution >= 0.6 is 0 Å². The molecule has 1 aromatic carbocycles. The molecule has 1 aromatic rings. The van der Waals surface area contributed by atoms with E-state index in [9.17, 15) is 4.79 Å². The summed E-state index contributed by atoms with van der Waals surface area (Å²) in [5, 5.41) is 8.77. The van der Waals surface area contributed by atoms with Gasteiger partial charge in [-0.3, -0.25) is 4.79 Å². The van der Waals surface area contributed by atoms with Gasteiger partial charge < -0.3 is 15.6 Å². The number of rotatable bonds is 5. The van der Waals surface area contributed by atoms with Crippen molar-refractivity contribution in [2.45, 2.75) is 19.4 Å². The highest BCUT2D eigenvalue weighted by Gasteiger charge is 2.19. The van der Waals surface area contributed by atoms with Gasteiger partial charge in [-0.15, -0.1) is 0 Å². The summed E-state index contributed by atoms with van der Waals surface area (Å²) in [6, 6.07) is 6.73. The number of benzene rings is 1. The molecule has 0 heterocycles. The van der Waals surface area contributed by atoms with E-state index in [1.54, 1.807) is 7.11 Å². The van der Waals surface area contributed by atoms with E-state index < -0.39 is 12.0 Å². The zero-order valence-electron chi connectivity index (χ0n) is 9.51. The first-order valence-electron chi connectivity index (χ1n) is 5.16. The van der Waals surface area contributed by atoms with Crippen molar-refractivity contribution >= 4 is 5.97 Å². The molecule has 0 aliphatic heterocycles. The van der Waals surface area contributed by atoms with Crippen molar-refractivity contribution < 1.29 is 14.6 Å². The summed E-state index contributed by atoms with van der Waals surface area (Å²) in [7, 11) is 1.61. The van der Waals surface area contributed by atoms with Gasteiger partial charge in [0.2, 0.25) is 0 Å². The number of nitrogens with two attached hydrogens (primary N) is 1. The summed E-state index contributed by atoms with van der Waals surface area (Å²) >= 11 is 0. The van der Waals surface area contributed by atoms with Gasteiger partial charge in [-0.25, -0.2) is 0 Å². The molecule has 0 aliphatic rings. The molecule has 4 heteroatoms. The van der Waals surface area contributed by atoms with Crippen LogP contribution in [0.3, 0.4) is 0 Å². The highest BCUT2D eigenvalue weighted by molar-refractivity contribution is 5.73. The van der Waals surface area contributed by atoms with Crippen molar-refractivity contribution in [3.8, 4) is 5.75 Å². The maximum Gasteiger partial charge on any atom is 0.320 e. The quantitative estimate of drug-likeness (QED) is 0.788. The molecule has 0 saturated carbocycles. The Morgan fingerprint density at radius 2 is 2.00 bits per heavy atom. The Morgan fingerprint density at radius 1 is 1.44 bits per heavy atom. The lowest BCUT2D eigenvalue weighted by atomic mass is 9.94. The van der Waals surface area contributed by atoms with E-state index in [-0.39, 0.29) is 5.92 Å². The predicted molar refractivity (Wildman–Crippen MR) is 61.5 cm³/mol. The Balaban J connectivity index is 2.62. The molecule has 0 bridgehead atoms. The lowest BCUT2D eigenvalue weighted by Crippen LogP contribution is -2.37. The SMILES string of the molecule is COc1ccc(CC(C)C(N)C(=O)O)cc1. The second kappa shape index (κ2) is 5.51. The highest BCUT2D eigenvalue weighted by atomic mass is 16.5. The largest absolute Gasteiger partial charge is 0.497 e. The van der Waals surface area contributed by atoms with Gasteiger partial charge in [0.15, 0.2) is 0 Å². The van der Waals surface area contributed by atoms with Crippen molar-refractivity contribution in [3.63, 3.8) is 0 Å². The molecule has 0 fully saturated rings. The van der Waals surface area contributed by atoms with E-state index in [4.69, 9.17) is 15.6 Å². The average molecular weight is 223 g/mol. The predicted octanol–water partition coefficient (Wildman–Crippen LogP) is 1.29. The van der Waals surface area contributed by atoms with Crippen LogP contribution in [0.15, 0.2) is 24.3 Å². The molecule has 0 radical (unpaired) electrons. The average Bonchev–Trinajstić information content (AvgIpc) is 2.28. The van der Waals surface area contributed by atoms with Crippen LogP contribution in [0.1, 0.15) is 12.5 Å². The first kappa shape index (κ1) is 12.5. The smallest absolute Gasteiger partial charge is 0.320 e. The van der Waals surface area contributed by atoms with Crippen molar-refractivity contribution in [1.29, 1.82) is 0 Å².